The van der Waals surface area contributed by atoms with Gasteiger partial charge in [0, 0.05) is 42.5 Å². The first-order valence-electron chi connectivity index (χ1n) is 9.35. The number of carbonyl (C=O) groups excluding carboxylic acids is 2. The summed E-state index contributed by atoms with van der Waals surface area (Å²) < 4.78 is 14.1. The van der Waals surface area contributed by atoms with Crippen LogP contribution in [0.2, 0.25) is 0 Å². The van der Waals surface area contributed by atoms with Crippen LogP contribution in [0.4, 0.5) is 15.9 Å². The van der Waals surface area contributed by atoms with Gasteiger partial charge in [-0.3, -0.25) is 19.4 Å². The van der Waals surface area contributed by atoms with Gasteiger partial charge >= 0.3 is 0 Å². The minimum Gasteiger partial charge on any atom is -0.325 e. The molecule has 0 saturated carbocycles. The lowest BCUT2D eigenvalue weighted by Gasteiger charge is -2.37. The third kappa shape index (κ3) is 6.31. The monoisotopic (exact) mass is 463 g/mol. The summed E-state index contributed by atoms with van der Waals surface area (Å²) in [6, 6.07) is 9.05. The van der Waals surface area contributed by atoms with Gasteiger partial charge in [-0.25, -0.2) is 9.37 Å². The number of anilines is 2. The van der Waals surface area contributed by atoms with Crippen molar-refractivity contribution >= 4 is 39.2 Å². The number of carbonyl (C=O) groups is 2. The molecule has 1 aromatic carbocycles. The van der Waals surface area contributed by atoms with Gasteiger partial charge in [-0.15, -0.1) is 0 Å². The van der Waals surface area contributed by atoms with Gasteiger partial charge in [-0.1, -0.05) is 6.07 Å². The summed E-state index contributed by atoms with van der Waals surface area (Å²) in [6.07, 6.45) is 1.63. The molecule has 1 aliphatic heterocycles. The molecule has 1 saturated heterocycles. The lowest BCUT2D eigenvalue weighted by molar-refractivity contribution is -0.122. The van der Waals surface area contributed by atoms with E-state index in [0.29, 0.717) is 37.7 Å². The Morgan fingerprint density at radius 3 is 2.59 bits per heavy atom. The van der Waals surface area contributed by atoms with Gasteiger partial charge < -0.3 is 10.6 Å². The van der Waals surface area contributed by atoms with Crippen molar-refractivity contribution in [1.29, 1.82) is 0 Å². The first-order valence-corrected chi connectivity index (χ1v) is 10.1. The van der Waals surface area contributed by atoms with E-state index in [-0.39, 0.29) is 30.2 Å². The topological polar surface area (TPSA) is 77.6 Å². The molecule has 1 aliphatic rings. The van der Waals surface area contributed by atoms with E-state index in [1.807, 2.05) is 17.9 Å². The van der Waals surface area contributed by atoms with E-state index in [0.717, 1.165) is 4.47 Å². The minimum atomic E-state index is -0.388. The first kappa shape index (κ1) is 21.4. The van der Waals surface area contributed by atoms with E-state index in [9.17, 15) is 14.0 Å². The molecule has 2 heterocycles. The molecule has 1 aromatic heterocycles. The fraction of sp³-hybridized carbons (Fsp3) is 0.350. The molecule has 2 N–H and O–H groups in total. The first-order chi connectivity index (χ1) is 13.9. The van der Waals surface area contributed by atoms with Gasteiger partial charge in [0.15, 0.2) is 0 Å². The second-order valence-electron chi connectivity index (χ2n) is 6.90. The maximum Gasteiger partial charge on any atom is 0.241 e. The fourth-order valence-corrected chi connectivity index (χ4v) is 3.36. The van der Waals surface area contributed by atoms with Crippen molar-refractivity contribution in [3.63, 3.8) is 0 Å². The molecule has 0 bridgehead atoms. The van der Waals surface area contributed by atoms with E-state index in [4.69, 9.17) is 0 Å². The molecular formula is C20H23BrFN5O2. The lowest BCUT2D eigenvalue weighted by atomic mass is 10.2. The number of halogens is 2. The minimum absolute atomic E-state index is 0.120. The Labute approximate surface area is 177 Å². The normalized spacial score (nSPS) is 16.2. The van der Waals surface area contributed by atoms with Gasteiger partial charge in [0.05, 0.1) is 12.6 Å². The number of aromatic nitrogens is 1. The summed E-state index contributed by atoms with van der Waals surface area (Å²) in [7, 11) is 0. The van der Waals surface area contributed by atoms with E-state index in [1.165, 1.54) is 12.1 Å². The zero-order chi connectivity index (χ0) is 20.8. The molecule has 2 amide bonds. The SMILES string of the molecule is CC(C(=O)Nc1cccc(F)c1)N1CCN(CC(=O)Nc2ccc(Br)cn2)CC1. The smallest absolute Gasteiger partial charge is 0.241 e. The molecule has 1 atom stereocenters. The number of piperazine rings is 1. The van der Waals surface area contributed by atoms with E-state index in [2.05, 4.69) is 36.4 Å². The van der Waals surface area contributed by atoms with Crippen LogP contribution in [0.15, 0.2) is 47.1 Å². The van der Waals surface area contributed by atoms with Crippen molar-refractivity contribution in [3.05, 3.63) is 52.9 Å². The number of hydrogen-bond acceptors (Lipinski definition) is 5. The Morgan fingerprint density at radius 1 is 1.17 bits per heavy atom. The summed E-state index contributed by atoms with van der Waals surface area (Å²) in [6.45, 7) is 4.80. The third-order valence-electron chi connectivity index (χ3n) is 4.79. The highest BCUT2D eigenvalue weighted by Gasteiger charge is 2.26. The fourth-order valence-electron chi connectivity index (χ4n) is 3.12. The molecule has 1 unspecified atom stereocenters. The predicted octanol–water partition coefficient (Wildman–Crippen LogP) is 2.57. The van der Waals surface area contributed by atoms with Crippen LogP contribution in [0.25, 0.3) is 0 Å². The maximum atomic E-state index is 13.3. The van der Waals surface area contributed by atoms with Crippen molar-refractivity contribution in [3.8, 4) is 0 Å². The van der Waals surface area contributed by atoms with Crippen molar-refractivity contribution in [2.75, 3.05) is 43.4 Å². The highest BCUT2D eigenvalue weighted by atomic mass is 79.9. The van der Waals surface area contributed by atoms with E-state index >= 15 is 0 Å². The average molecular weight is 464 g/mol. The van der Waals surface area contributed by atoms with Crippen molar-refractivity contribution < 1.29 is 14.0 Å². The van der Waals surface area contributed by atoms with Crippen LogP contribution in [0.5, 0.6) is 0 Å². The van der Waals surface area contributed by atoms with E-state index < -0.39 is 0 Å². The number of hydrogen-bond donors (Lipinski definition) is 2. The molecule has 9 heteroatoms. The molecule has 0 radical (unpaired) electrons. The van der Waals surface area contributed by atoms with Crippen molar-refractivity contribution in [2.45, 2.75) is 13.0 Å². The van der Waals surface area contributed by atoms with Gasteiger partial charge in [0.25, 0.3) is 0 Å². The third-order valence-corrected chi connectivity index (χ3v) is 5.26. The number of benzene rings is 1. The van der Waals surface area contributed by atoms with Crippen LogP contribution < -0.4 is 10.6 Å². The van der Waals surface area contributed by atoms with Crippen LogP contribution in [0.1, 0.15) is 6.92 Å². The Kier molecular flexibility index (Phi) is 7.29. The highest BCUT2D eigenvalue weighted by molar-refractivity contribution is 9.10. The number of rotatable bonds is 6. The van der Waals surface area contributed by atoms with Crippen LogP contribution in [0.3, 0.4) is 0 Å². The van der Waals surface area contributed by atoms with Crippen LogP contribution in [-0.4, -0.2) is 65.4 Å². The number of amides is 2. The number of pyridine rings is 1. The molecule has 29 heavy (non-hydrogen) atoms. The quantitative estimate of drug-likeness (QED) is 0.688. The van der Waals surface area contributed by atoms with Gasteiger partial charge in [-0.05, 0) is 53.2 Å². The summed E-state index contributed by atoms with van der Waals surface area (Å²) in [5.74, 6) is -0.173. The van der Waals surface area contributed by atoms with Crippen LogP contribution in [0, 0.1) is 5.82 Å². The Bertz CT molecular complexity index is 856. The molecule has 3 rings (SSSR count). The molecule has 0 spiro atoms. The zero-order valence-electron chi connectivity index (χ0n) is 16.1. The number of nitrogens with one attached hydrogen (secondary N) is 2. The highest BCUT2D eigenvalue weighted by Crippen LogP contribution is 2.13. The molecule has 0 aliphatic carbocycles. The maximum absolute atomic E-state index is 13.3. The second-order valence-corrected chi connectivity index (χ2v) is 7.81. The lowest BCUT2D eigenvalue weighted by Crippen LogP contribution is -2.53. The molecule has 2 aromatic rings. The van der Waals surface area contributed by atoms with E-state index in [1.54, 1.807) is 24.4 Å². The number of nitrogens with zero attached hydrogens (tertiary/aromatic N) is 3. The second kappa shape index (κ2) is 9.91. The Morgan fingerprint density at radius 2 is 1.93 bits per heavy atom. The Hall–Kier alpha value is -2.36. The van der Waals surface area contributed by atoms with Gasteiger partial charge in [0.2, 0.25) is 11.8 Å². The predicted molar refractivity (Wildman–Crippen MR) is 113 cm³/mol. The van der Waals surface area contributed by atoms with Gasteiger partial charge in [0.1, 0.15) is 11.6 Å². The van der Waals surface area contributed by atoms with Crippen LogP contribution >= 0.6 is 15.9 Å². The summed E-state index contributed by atoms with van der Waals surface area (Å²) >= 11 is 3.31. The average Bonchev–Trinajstić information content (AvgIpc) is 2.70. The molecule has 7 nitrogen and oxygen atoms in total. The standard InChI is InChI=1S/C20H23BrFN5O2/c1-14(20(29)24-17-4-2-3-16(22)11-17)27-9-7-26(8-10-27)13-19(28)25-18-6-5-15(21)12-23-18/h2-6,11-12,14H,7-10,13H2,1H3,(H,24,29)(H,23,25,28). The van der Waals surface area contributed by atoms with Crippen molar-refractivity contribution in [2.24, 2.45) is 0 Å². The largest absolute Gasteiger partial charge is 0.325 e. The molecular weight excluding hydrogens is 441 g/mol. The van der Waals surface area contributed by atoms with Gasteiger partial charge in [-0.2, -0.15) is 0 Å². The molecule has 1 fully saturated rings. The van der Waals surface area contributed by atoms with Crippen molar-refractivity contribution in [1.82, 2.24) is 14.8 Å². The zero-order valence-corrected chi connectivity index (χ0v) is 17.7. The van der Waals surface area contributed by atoms with Crippen LogP contribution in [-0.2, 0) is 9.59 Å². The molecule has 154 valence electrons. The summed E-state index contributed by atoms with van der Waals surface area (Å²) in [5, 5.41) is 5.53. The summed E-state index contributed by atoms with van der Waals surface area (Å²) in [4.78, 5) is 32.9. The summed E-state index contributed by atoms with van der Waals surface area (Å²) in [5.41, 5.74) is 0.443. The Balaban J connectivity index is 1.43.